The summed E-state index contributed by atoms with van der Waals surface area (Å²) in [7, 11) is 0. The van der Waals surface area contributed by atoms with Gasteiger partial charge in [0, 0.05) is 5.02 Å². The predicted octanol–water partition coefficient (Wildman–Crippen LogP) is 6.30. The lowest BCUT2D eigenvalue weighted by Crippen LogP contribution is -2.28. The Bertz CT molecular complexity index is 1130. The molecule has 1 aliphatic heterocycles. The molecule has 0 unspecified atom stereocenters. The van der Waals surface area contributed by atoms with Gasteiger partial charge in [0.25, 0.3) is 11.1 Å². The average molecular weight is 440 g/mol. The molecule has 0 saturated carbocycles. The van der Waals surface area contributed by atoms with Crippen molar-refractivity contribution in [2.75, 3.05) is 4.90 Å². The van der Waals surface area contributed by atoms with E-state index in [1.165, 1.54) is 18.2 Å². The Morgan fingerprint density at radius 3 is 2.37 bits per heavy atom. The van der Waals surface area contributed by atoms with Crippen LogP contribution in [0.3, 0.4) is 0 Å². The molecule has 2 amide bonds. The largest absolute Gasteiger partial charge is 0.489 e. The number of benzene rings is 3. The number of hydrogen-bond donors (Lipinski definition) is 0. The first-order valence-electron chi connectivity index (χ1n) is 9.01. The van der Waals surface area contributed by atoms with E-state index >= 15 is 0 Å². The summed E-state index contributed by atoms with van der Waals surface area (Å²) in [4.78, 5) is 26.0. The zero-order valence-electron chi connectivity index (χ0n) is 15.5. The number of nitrogens with zero attached hydrogens (tertiary/aromatic N) is 1. The number of imide groups is 1. The third-order valence-electron chi connectivity index (χ3n) is 4.38. The van der Waals surface area contributed by atoms with Crippen LogP contribution in [0.4, 0.5) is 14.9 Å². The van der Waals surface area contributed by atoms with Gasteiger partial charge in [-0.05, 0) is 65.4 Å². The highest BCUT2D eigenvalue weighted by Crippen LogP contribution is 2.36. The van der Waals surface area contributed by atoms with Crippen LogP contribution in [0.5, 0.6) is 5.75 Å². The number of anilines is 1. The van der Waals surface area contributed by atoms with Gasteiger partial charge in [-0.3, -0.25) is 9.59 Å². The van der Waals surface area contributed by atoms with Gasteiger partial charge in [-0.2, -0.15) is 0 Å². The molecule has 1 fully saturated rings. The van der Waals surface area contributed by atoms with Crippen molar-refractivity contribution in [3.63, 3.8) is 0 Å². The smallest absolute Gasteiger partial charge is 0.298 e. The van der Waals surface area contributed by atoms with Crippen LogP contribution in [0.2, 0.25) is 5.02 Å². The first-order chi connectivity index (χ1) is 14.5. The van der Waals surface area contributed by atoms with Crippen LogP contribution in [-0.4, -0.2) is 11.1 Å². The molecule has 0 aliphatic carbocycles. The topological polar surface area (TPSA) is 46.6 Å². The Morgan fingerprint density at radius 2 is 1.67 bits per heavy atom. The van der Waals surface area contributed by atoms with E-state index in [0.29, 0.717) is 17.4 Å². The van der Waals surface area contributed by atoms with E-state index in [9.17, 15) is 14.0 Å². The second-order valence-corrected chi connectivity index (χ2v) is 7.88. The minimum atomic E-state index is -0.622. The van der Waals surface area contributed by atoms with E-state index in [0.717, 1.165) is 27.8 Å². The Hall–Kier alpha value is -3.09. The number of para-hydroxylation sites is 1. The van der Waals surface area contributed by atoms with Gasteiger partial charge in [-0.1, -0.05) is 48.0 Å². The summed E-state index contributed by atoms with van der Waals surface area (Å²) in [5.41, 5.74) is 1.67. The van der Waals surface area contributed by atoms with Crippen LogP contribution in [0.15, 0.2) is 77.7 Å². The molecule has 0 spiro atoms. The summed E-state index contributed by atoms with van der Waals surface area (Å²) in [6.07, 6.45) is 1.61. The average Bonchev–Trinajstić information content (AvgIpc) is 3.02. The number of halogens is 2. The number of thioether (sulfide) groups is 1. The third kappa shape index (κ3) is 4.40. The summed E-state index contributed by atoms with van der Waals surface area (Å²) >= 11 is 6.66. The first kappa shape index (κ1) is 20.2. The van der Waals surface area contributed by atoms with E-state index in [4.69, 9.17) is 16.3 Å². The lowest BCUT2D eigenvalue weighted by Gasteiger charge is -2.12. The van der Waals surface area contributed by atoms with Gasteiger partial charge in [0.1, 0.15) is 18.2 Å². The van der Waals surface area contributed by atoms with E-state index in [2.05, 4.69) is 0 Å². The number of carbonyl (C=O) groups is 2. The van der Waals surface area contributed by atoms with Crippen LogP contribution in [0.25, 0.3) is 6.08 Å². The molecule has 30 heavy (non-hydrogen) atoms. The van der Waals surface area contributed by atoms with Crippen LogP contribution in [0, 0.1) is 5.82 Å². The minimum Gasteiger partial charge on any atom is -0.489 e. The normalized spacial score (nSPS) is 15.1. The van der Waals surface area contributed by atoms with Gasteiger partial charge in [-0.25, -0.2) is 9.29 Å². The monoisotopic (exact) mass is 439 g/mol. The Labute approximate surface area is 181 Å². The summed E-state index contributed by atoms with van der Waals surface area (Å²) < 4.78 is 19.7. The summed E-state index contributed by atoms with van der Waals surface area (Å²) in [5, 5.41) is 0.141. The lowest BCUT2D eigenvalue weighted by atomic mass is 10.2. The highest BCUT2D eigenvalue weighted by atomic mass is 35.5. The zero-order valence-corrected chi connectivity index (χ0v) is 17.1. The molecule has 0 radical (unpaired) electrons. The maximum Gasteiger partial charge on any atom is 0.298 e. The first-order valence-corrected chi connectivity index (χ1v) is 10.2. The highest BCUT2D eigenvalue weighted by molar-refractivity contribution is 8.19. The molecule has 1 heterocycles. The Morgan fingerprint density at radius 1 is 0.967 bits per heavy atom. The molecule has 7 heteroatoms. The summed E-state index contributed by atoms with van der Waals surface area (Å²) in [6.45, 7) is 0.401. The van der Waals surface area contributed by atoms with Crippen molar-refractivity contribution < 1.29 is 18.7 Å². The van der Waals surface area contributed by atoms with E-state index in [1.54, 1.807) is 48.5 Å². The van der Waals surface area contributed by atoms with Crippen molar-refractivity contribution >= 4 is 46.3 Å². The van der Waals surface area contributed by atoms with Gasteiger partial charge in [0.2, 0.25) is 0 Å². The zero-order chi connectivity index (χ0) is 21.1. The fraction of sp³-hybridized carbons (Fsp3) is 0.0435. The molecule has 0 aromatic heterocycles. The Balaban J connectivity index is 1.46. The van der Waals surface area contributed by atoms with Crippen molar-refractivity contribution in [3.05, 3.63) is 99.7 Å². The second-order valence-electron chi connectivity index (χ2n) is 6.45. The predicted molar refractivity (Wildman–Crippen MR) is 117 cm³/mol. The molecule has 0 N–H and O–H groups in total. The molecule has 3 aromatic rings. The fourth-order valence-electron chi connectivity index (χ4n) is 2.87. The fourth-order valence-corrected chi connectivity index (χ4v) is 3.83. The molecule has 1 saturated heterocycles. The molecule has 1 aliphatic rings. The molecule has 0 bridgehead atoms. The van der Waals surface area contributed by atoms with Crippen LogP contribution >= 0.6 is 23.4 Å². The quantitative estimate of drug-likeness (QED) is 0.438. The van der Waals surface area contributed by atoms with E-state index < -0.39 is 17.0 Å². The van der Waals surface area contributed by atoms with E-state index in [1.807, 2.05) is 12.1 Å². The van der Waals surface area contributed by atoms with Crippen LogP contribution in [0.1, 0.15) is 11.1 Å². The highest BCUT2D eigenvalue weighted by Gasteiger charge is 2.37. The maximum atomic E-state index is 14.0. The van der Waals surface area contributed by atoms with Crippen molar-refractivity contribution in [1.82, 2.24) is 0 Å². The SMILES string of the molecule is O=C1S/C(=C\c2ccc(OCc3ccc(Cl)cc3)cc2)C(=O)N1c1ccccc1F. The summed E-state index contributed by atoms with van der Waals surface area (Å²) in [6, 6.07) is 20.2. The third-order valence-corrected chi connectivity index (χ3v) is 5.51. The molecule has 4 nitrogen and oxygen atoms in total. The number of rotatable bonds is 5. The van der Waals surface area contributed by atoms with Gasteiger partial charge in [-0.15, -0.1) is 0 Å². The minimum absolute atomic E-state index is 0.0469. The molecule has 3 aromatic carbocycles. The number of ether oxygens (including phenoxy) is 1. The summed E-state index contributed by atoms with van der Waals surface area (Å²) in [5.74, 6) is -0.497. The van der Waals surface area contributed by atoms with Crippen molar-refractivity contribution in [1.29, 1.82) is 0 Å². The maximum absolute atomic E-state index is 14.0. The molecule has 150 valence electrons. The van der Waals surface area contributed by atoms with Crippen molar-refractivity contribution in [2.45, 2.75) is 6.61 Å². The molecular weight excluding hydrogens is 425 g/mol. The second kappa shape index (κ2) is 8.73. The number of hydrogen-bond acceptors (Lipinski definition) is 4. The van der Waals surface area contributed by atoms with Gasteiger partial charge in [0.05, 0.1) is 10.6 Å². The lowest BCUT2D eigenvalue weighted by molar-refractivity contribution is -0.113. The van der Waals surface area contributed by atoms with Crippen LogP contribution in [-0.2, 0) is 11.4 Å². The number of carbonyl (C=O) groups excluding carboxylic acids is 2. The van der Waals surface area contributed by atoms with Crippen LogP contribution < -0.4 is 9.64 Å². The standard InChI is InChI=1S/C23H15ClFNO3S/c24-17-9-5-16(6-10-17)14-29-18-11-7-15(8-12-18)13-21-22(27)26(23(28)30-21)20-4-2-1-3-19(20)25/h1-13H,14H2/b21-13-. The van der Waals surface area contributed by atoms with E-state index in [-0.39, 0.29) is 10.6 Å². The molecule has 0 atom stereocenters. The molecule has 4 rings (SSSR count). The molecular formula is C23H15ClFNO3S. The van der Waals surface area contributed by atoms with Gasteiger partial charge < -0.3 is 4.74 Å². The Kier molecular flexibility index (Phi) is 5.88. The number of amides is 2. The van der Waals surface area contributed by atoms with Gasteiger partial charge in [0.15, 0.2) is 0 Å². The van der Waals surface area contributed by atoms with Crippen molar-refractivity contribution in [3.8, 4) is 5.75 Å². The van der Waals surface area contributed by atoms with Crippen molar-refractivity contribution in [2.24, 2.45) is 0 Å². The van der Waals surface area contributed by atoms with Gasteiger partial charge >= 0.3 is 0 Å².